The van der Waals surface area contributed by atoms with Gasteiger partial charge in [0.25, 0.3) is 0 Å². The Morgan fingerprint density at radius 1 is 1.38 bits per heavy atom. The number of hydrogen-bond donors (Lipinski definition) is 1. The van der Waals surface area contributed by atoms with Crippen LogP contribution in [0.25, 0.3) is 0 Å². The van der Waals surface area contributed by atoms with Crippen molar-refractivity contribution in [1.82, 2.24) is 7.61 Å². The summed E-state index contributed by atoms with van der Waals surface area (Å²) in [6.45, 7) is 4.53. The Morgan fingerprint density at radius 2 is 2.12 bits per heavy atom. The predicted molar refractivity (Wildman–Crippen MR) is 101 cm³/mol. The van der Waals surface area contributed by atoms with Crippen molar-refractivity contribution in [3.8, 4) is 0 Å². The first-order valence-corrected chi connectivity index (χ1v) is 11.2. The van der Waals surface area contributed by atoms with E-state index in [4.69, 9.17) is 11.6 Å². The van der Waals surface area contributed by atoms with E-state index in [1.807, 2.05) is 24.3 Å². The molecule has 0 radical (unpaired) electrons. The van der Waals surface area contributed by atoms with E-state index >= 15 is 0 Å². The average Bonchev–Trinajstić information content (AvgIpc) is 2.99. The summed E-state index contributed by atoms with van der Waals surface area (Å²) in [4.78, 5) is 14.3. The summed E-state index contributed by atoms with van der Waals surface area (Å²) in [5.74, 6) is 1.48. The van der Waals surface area contributed by atoms with Crippen molar-refractivity contribution in [3.63, 3.8) is 0 Å². The molecule has 1 aromatic carbocycles. The number of alkyl halides is 1. The van der Waals surface area contributed by atoms with Gasteiger partial charge in [0.2, 0.25) is 0 Å². The van der Waals surface area contributed by atoms with Gasteiger partial charge in [0.15, 0.2) is 0 Å². The number of rotatable bonds is 9. The van der Waals surface area contributed by atoms with E-state index in [0.29, 0.717) is 12.3 Å². The minimum absolute atomic E-state index is 0.0730. The third kappa shape index (κ3) is 7.37. The fourth-order valence-corrected chi connectivity index (χ4v) is 4.97. The van der Waals surface area contributed by atoms with Crippen LogP contribution >= 0.6 is 11.6 Å². The smallest absolute Gasteiger partial charge is 0.122 e. The van der Waals surface area contributed by atoms with E-state index < -0.39 is 0 Å². The first kappa shape index (κ1) is 20.1. The number of amides is 1. The standard InChI is InChI=1S/C18H27ClN3O.Tl/c1-22(11-2-3-16-8-10-20-14-16)12-9-18(23)21-17-6-4-15(13-19)5-7-17;/h4-7,16H,2-3,8-14H2,1H3,(H,21,23);/q-1;+1/t16-;/m0./s1. The number of anilines is 1. The first-order valence-electron chi connectivity index (χ1n) is 8.69. The zero-order valence-electron chi connectivity index (χ0n) is 14.5. The summed E-state index contributed by atoms with van der Waals surface area (Å²) in [6.07, 6.45) is 4.48. The topological polar surface area (TPSA) is 35.6 Å². The van der Waals surface area contributed by atoms with E-state index in [0.717, 1.165) is 56.3 Å². The zero-order valence-corrected chi connectivity index (χ0v) is 19.8. The number of nitrogens with one attached hydrogen (secondary N) is 1. The molecule has 1 aliphatic rings. The second kappa shape index (κ2) is 10.7. The van der Waals surface area contributed by atoms with E-state index in [-0.39, 0.29) is 5.91 Å². The minimum Gasteiger partial charge on any atom is -0.122 e. The number of halogens is 1. The first-order chi connectivity index (χ1) is 11.6. The second-order valence-corrected chi connectivity index (χ2v) is 9.83. The molecule has 1 aromatic rings. The van der Waals surface area contributed by atoms with Crippen LogP contribution in [0, 0.1) is 5.92 Å². The Balaban J connectivity index is 1.58. The molecule has 1 fully saturated rings. The van der Waals surface area contributed by atoms with E-state index in [9.17, 15) is 4.79 Å². The van der Waals surface area contributed by atoms with E-state index in [1.165, 1.54) is 32.4 Å². The van der Waals surface area contributed by atoms with Crippen LogP contribution in [0.15, 0.2) is 24.3 Å². The van der Waals surface area contributed by atoms with Gasteiger partial charge in [-0.05, 0) is 17.7 Å². The minimum atomic E-state index is 0.0730. The molecular formula is C18H27ClN3OTl. The normalized spacial score (nSPS) is 18.2. The predicted octanol–water partition coefficient (Wildman–Crippen LogP) is 2.87. The van der Waals surface area contributed by atoms with E-state index in [2.05, 4.69) is 20.0 Å². The molecule has 0 aliphatic carbocycles. The summed E-state index contributed by atoms with van der Waals surface area (Å²) in [7, 11) is 2.11. The molecule has 24 heavy (non-hydrogen) atoms. The molecule has 4 nitrogen and oxygen atoms in total. The van der Waals surface area contributed by atoms with Crippen molar-refractivity contribution >= 4 is 49.3 Å². The second-order valence-electron chi connectivity index (χ2n) is 6.72. The van der Waals surface area contributed by atoms with Crippen molar-refractivity contribution in [3.05, 3.63) is 29.8 Å². The zero-order chi connectivity index (χ0) is 17.4. The van der Waals surface area contributed by atoms with Crippen LogP contribution in [0.5, 0.6) is 0 Å². The summed E-state index contributed by atoms with van der Waals surface area (Å²) >= 11 is 6.77. The molecule has 1 heterocycles. The Bertz CT molecular complexity index is 511. The molecule has 1 saturated heterocycles. The quantitative estimate of drug-likeness (QED) is 0.386. The van der Waals surface area contributed by atoms with Crippen molar-refractivity contribution in [2.75, 3.05) is 38.5 Å². The Kier molecular flexibility index (Phi) is 9.01. The molecule has 1 N–H and O–H groups in total. The molecular weight excluding hydrogens is 514 g/mol. The maximum atomic E-state index is 12.0. The average molecular weight is 541 g/mol. The van der Waals surface area contributed by atoms with Gasteiger partial charge in [-0.2, -0.15) is 0 Å². The van der Waals surface area contributed by atoms with Crippen molar-refractivity contribution in [2.24, 2.45) is 5.92 Å². The number of carbonyl (C=O) groups excluding carboxylic acids is 1. The summed E-state index contributed by atoms with van der Waals surface area (Å²) in [6, 6.07) is 7.69. The van der Waals surface area contributed by atoms with Crippen LogP contribution in [-0.2, 0) is 10.7 Å². The van der Waals surface area contributed by atoms with Crippen LogP contribution < -0.4 is 5.32 Å². The summed E-state index contributed by atoms with van der Waals surface area (Å²) < 4.78 is 2.58. The van der Waals surface area contributed by atoms with Gasteiger partial charge in [-0.25, -0.2) is 0 Å². The van der Waals surface area contributed by atoms with E-state index in [1.54, 1.807) is 0 Å². The van der Waals surface area contributed by atoms with Gasteiger partial charge in [0.1, 0.15) is 0 Å². The number of benzene rings is 1. The molecule has 0 unspecified atom stereocenters. The molecule has 1 amide bonds. The third-order valence-electron chi connectivity index (χ3n) is 4.58. The van der Waals surface area contributed by atoms with Crippen LogP contribution in [0.2, 0.25) is 0 Å². The molecule has 0 bridgehead atoms. The van der Waals surface area contributed by atoms with Gasteiger partial charge in [0, 0.05) is 5.88 Å². The van der Waals surface area contributed by atoms with Gasteiger partial charge >= 0.3 is 120 Å². The van der Waals surface area contributed by atoms with Crippen LogP contribution in [0.1, 0.15) is 31.2 Å². The Morgan fingerprint density at radius 3 is 2.75 bits per heavy atom. The van der Waals surface area contributed by atoms with Gasteiger partial charge in [-0.1, -0.05) is 12.1 Å². The number of nitrogens with zero attached hydrogens (tertiary/aromatic N) is 2. The van der Waals surface area contributed by atoms with Crippen LogP contribution in [0.3, 0.4) is 0 Å². The summed E-state index contributed by atoms with van der Waals surface area (Å²) in [5, 5.41) is 2.94. The fourth-order valence-electron chi connectivity index (χ4n) is 3.05. The molecule has 0 spiro atoms. The third-order valence-corrected chi connectivity index (χ3v) is 6.71. The Hall–Kier alpha value is -0.178. The summed E-state index contributed by atoms with van der Waals surface area (Å²) in [5.41, 5.74) is 1.90. The van der Waals surface area contributed by atoms with Gasteiger partial charge in [-0.3, -0.25) is 0 Å². The molecule has 0 aromatic heterocycles. The Labute approximate surface area is 167 Å². The molecule has 130 valence electrons. The maximum absolute atomic E-state index is 12.0. The monoisotopic (exact) mass is 541 g/mol. The van der Waals surface area contributed by atoms with Crippen molar-refractivity contribution < 1.29 is 4.79 Å². The molecule has 1 atom stereocenters. The number of carbonyl (C=O) groups is 1. The number of hydrogen-bond acceptors (Lipinski definition) is 3. The van der Waals surface area contributed by atoms with Gasteiger partial charge in [0.05, 0.1) is 0 Å². The van der Waals surface area contributed by atoms with Crippen LogP contribution in [0.4, 0.5) is 5.69 Å². The SMILES string of the molecule is CN(CCC[C@H]1CC[N]([Tl])C1)CCC(=O)Nc1ccc(CCl)cc1. The molecule has 6 heteroatoms. The molecule has 0 saturated carbocycles. The molecule has 1 aliphatic heterocycles. The van der Waals surface area contributed by atoms with Crippen molar-refractivity contribution in [2.45, 2.75) is 31.6 Å². The van der Waals surface area contributed by atoms with Gasteiger partial charge in [-0.15, -0.1) is 11.6 Å². The molecule has 2 rings (SSSR count). The fraction of sp³-hybridized carbons (Fsp3) is 0.611. The van der Waals surface area contributed by atoms with Gasteiger partial charge < -0.3 is 0 Å². The van der Waals surface area contributed by atoms with Crippen molar-refractivity contribution in [1.29, 1.82) is 0 Å². The van der Waals surface area contributed by atoms with Crippen LogP contribution in [-0.4, -0.2) is 72.8 Å².